The van der Waals surface area contributed by atoms with Gasteiger partial charge in [-0.3, -0.25) is 4.98 Å². The number of halogens is 1. The minimum atomic E-state index is -3.94. The molecule has 1 aromatic carbocycles. The highest BCUT2D eigenvalue weighted by Crippen LogP contribution is 2.32. The van der Waals surface area contributed by atoms with Crippen molar-refractivity contribution < 1.29 is 17.9 Å². The Bertz CT molecular complexity index is 1180. The third-order valence-corrected chi connectivity index (χ3v) is 6.30. The van der Waals surface area contributed by atoms with Gasteiger partial charge in [-0.25, -0.2) is 17.2 Å². The molecule has 0 saturated heterocycles. The topological polar surface area (TPSA) is 81.5 Å². The van der Waals surface area contributed by atoms with Gasteiger partial charge in [-0.2, -0.15) is 0 Å². The second-order valence-electron chi connectivity index (χ2n) is 8.04. The van der Waals surface area contributed by atoms with E-state index in [-0.39, 0.29) is 11.4 Å². The third kappa shape index (κ3) is 5.26. The number of aromatic nitrogens is 2. The Labute approximate surface area is 187 Å². The van der Waals surface area contributed by atoms with Crippen molar-refractivity contribution in [2.45, 2.75) is 37.8 Å². The Morgan fingerprint density at radius 3 is 2.52 bits per heavy atom. The number of carbonyl (C=O) groups excluding carboxylic acids is 1. The van der Waals surface area contributed by atoms with Gasteiger partial charge in [-0.15, -0.1) is 0 Å². The van der Waals surface area contributed by atoms with Crippen LogP contribution in [0.1, 0.15) is 26.3 Å². The Morgan fingerprint density at radius 2 is 1.90 bits per heavy atom. The number of ether oxygens (including phenoxy) is 1. The van der Waals surface area contributed by atoms with Gasteiger partial charge >= 0.3 is 6.09 Å². The van der Waals surface area contributed by atoms with Crippen molar-refractivity contribution in [1.82, 2.24) is 13.9 Å². The molecule has 2 heterocycles. The fraction of sp³-hybridized carbons (Fsp3) is 0.273. The number of pyridine rings is 1. The zero-order valence-electron chi connectivity index (χ0n) is 17.7. The van der Waals surface area contributed by atoms with Gasteiger partial charge in [0.25, 0.3) is 10.0 Å². The van der Waals surface area contributed by atoms with Crippen LogP contribution in [-0.4, -0.2) is 41.0 Å². The van der Waals surface area contributed by atoms with Crippen LogP contribution in [0, 0.1) is 0 Å². The first-order valence-corrected chi connectivity index (χ1v) is 11.4. The van der Waals surface area contributed by atoms with E-state index in [1.54, 1.807) is 64.2 Å². The quantitative estimate of drug-likeness (QED) is 0.544. The van der Waals surface area contributed by atoms with Crippen molar-refractivity contribution in [1.29, 1.82) is 0 Å². The predicted molar refractivity (Wildman–Crippen MR) is 119 cm³/mol. The highest BCUT2D eigenvalue weighted by molar-refractivity contribution is 7.90. The molecule has 164 valence electrons. The summed E-state index contributed by atoms with van der Waals surface area (Å²) in [5.41, 5.74) is 0.921. The second-order valence-corrected chi connectivity index (χ2v) is 10.3. The highest BCUT2D eigenvalue weighted by Gasteiger charge is 2.25. The number of amides is 1. The van der Waals surface area contributed by atoms with Crippen molar-refractivity contribution in [3.8, 4) is 11.3 Å². The molecule has 0 aliphatic rings. The van der Waals surface area contributed by atoms with Gasteiger partial charge in [0.05, 0.1) is 12.2 Å². The number of hydrogen-bond acceptors (Lipinski definition) is 5. The first-order valence-electron chi connectivity index (χ1n) is 9.55. The Hall–Kier alpha value is -2.84. The number of nitrogens with zero attached hydrogens (tertiary/aromatic N) is 3. The smallest absolute Gasteiger partial charge is 0.410 e. The number of carbonyl (C=O) groups is 1. The minimum Gasteiger partial charge on any atom is -0.444 e. The Morgan fingerprint density at radius 1 is 1.19 bits per heavy atom. The molecule has 3 aromatic rings. The number of hydrogen-bond donors (Lipinski definition) is 0. The third-order valence-electron chi connectivity index (χ3n) is 4.31. The van der Waals surface area contributed by atoms with Crippen molar-refractivity contribution in [2.75, 3.05) is 7.05 Å². The molecule has 0 radical (unpaired) electrons. The maximum absolute atomic E-state index is 13.3. The van der Waals surface area contributed by atoms with Gasteiger partial charge in [0.2, 0.25) is 0 Å². The molecule has 0 atom stereocenters. The molecular weight excluding hydrogens is 438 g/mol. The summed E-state index contributed by atoms with van der Waals surface area (Å²) < 4.78 is 33.2. The molecule has 0 N–H and O–H groups in total. The van der Waals surface area contributed by atoms with Crippen LogP contribution in [0.25, 0.3) is 11.3 Å². The van der Waals surface area contributed by atoms with Gasteiger partial charge < -0.3 is 9.64 Å². The van der Waals surface area contributed by atoms with E-state index in [0.29, 0.717) is 21.8 Å². The normalized spacial score (nSPS) is 11.9. The lowest BCUT2D eigenvalue weighted by molar-refractivity contribution is 0.0285. The summed E-state index contributed by atoms with van der Waals surface area (Å²) in [4.78, 5) is 17.7. The van der Waals surface area contributed by atoms with Crippen LogP contribution < -0.4 is 0 Å². The average molecular weight is 462 g/mol. The molecule has 0 saturated carbocycles. The largest absolute Gasteiger partial charge is 0.444 e. The zero-order chi connectivity index (χ0) is 22.8. The molecule has 2 aromatic heterocycles. The molecule has 0 fully saturated rings. The fourth-order valence-corrected chi connectivity index (χ4v) is 4.53. The lowest BCUT2D eigenvalue weighted by Crippen LogP contribution is -2.33. The summed E-state index contributed by atoms with van der Waals surface area (Å²) in [6.45, 7) is 5.50. The molecule has 7 nitrogen and oxygen atoms in total. The highest BCUT2D eigenvalue weighted by atomic mass is 35.5. The Kier molecular flexibility index (Phi) is 6.43. The minimum absolute atomic E-state index is 0.0472. The van der Waals surface area contributed by atoms with Crippen LogP contribution in [0.5, 0.6) is 0 Å². The molecule has 9 heteroatoms. The van der Waals surface area contributed by atoms with Gasteiger partial charge in [0.15, 0.2) is 0 Å². The lowest BCUT2D eigenvalue weighted by atomic mass is 10.1. The second kappa shape index (κ2) is 8.72. The van der Waals surface area contributed by atoms with Gasteiger partial charge in [0, 0.05) is 36.2 Å². The average Bonchev–Trinajstić information content (AvgIpc) is 3.12. The molecule has 0 unspecified atom stereocenters. The number of benzene rings is 1. The zero-order valence-corrected chi connectivity index (χ0v) is 19.3. The van der Waals surface area contributed by atoms with E-state index < -0.39 is 21.7 Å². The van der Waals surface area contributed by atoms with Crippen molar-refractivity contribution in [2.24, 2.45) is 0 Å². The molecule has 0 bridgehead atoms. The number of rotatable bonds is 5. The van der Waals surface area contributed by atoms with E-state index in [2.05, 4.69) is 4.98 Å². The summed E-state index contributed by atoms with van der Waals surface area (Å²) in [6.07, 6.45) is 3.78. The summed E-state index contributed by atoms with van der Waals surface area (Å²) in [7, 11) is -2.34. The molecule has 1 amide bonds. The molecule has 0 aliphatic carbocycles. The van der Waals surface area contributed by atoms with Crippen molar-refractivity contribution >= 4 is 27.7 Å². The SMILES string of the molecule is CN(Cc1cc(-c2ccccc2Cl)n(S(=O)(=O)c2cccnc2)c1)C(=O)OC(C)(C)C. The van der Waals surface area contributed by atoms with Crippen LogP contribution in [0.4, 0.5) is 4.79 Å². The molecule has 3 rings (SSSR count). The van der Waals surface area contributed by atoms with Crippen molar-refractivity contribution in [3.05, 3.63) is 71.6 Å². The van der Waals surface area contributed by atoms with Crippen LogP contribution in [0.3, 0.4) is 0 Å². The van der Waals surface area contributed by atoms with E-state index in [1.165, 1.54) is 33.5 Å². The first kappa shape index (κ1) is 22.8. The van der Waals surface area contributed by atoms with Gasteiger partial charge in [0.1, 0.15) is 10.5 Å². The predicted octanol–water partition coefficient (Wildman–Crippen LogP) is 4.81. The van der Waals surface area contributed by atoms with Crippen molar-refractivity contribution in [3.63, 3.8) is 0 Å². The summed E-state index contributed by atoms with van der Waals surface area (Å²) in [5.74, 6) is 0. The van der Waals surface area contributed by atoms with Crippen LogP contribution in [0.2, 0.25) is 5.02 Å². The maximum atomic E-state index is 13.3. The van der Waals surface area contributed by atoms with Crippen LogP contribution in [-0.2, 0) is 21.3 Å². The van der Waals surface area contributed by atoms with E-state index in [4.69, 9.17) is 16.3 Å². The summed E-state index contributed by atoms with van der Waals surface area (Å²) in [6, 6.07) is 11.7. The molecular formula is C22H24ClN3O4S. The standard InChI is InChI=1S/C22H24ClN3O4S/c1-22(2,3)30-21(27)25(4)14-16-12-20(18-9-5-6-10-19(18)23)26(15-16)31(28,29)17-8-7-11-24-13-17/h5-13,15H,14H2,1-4H3. The first-order chi connectivity index (χ1) is 14.5. The van der Waals surface area contributed by atoms with E-state index >= 15 is 0 Å². The summed E-state index contributed by atoms with van der Waals surface area (Å²) >= 11 is 6.36. The van der Waals surface area contributed by atoms with Gasteiger partial charge in [-0.05, 0) is 50.6 Å². The van der Waals surface area contributed by atoms with Crippen LogP contribution >= 0.6 is 11.6 Å². The van der Waals surface area contributed by atoms with E-state index in [9.17, 15) is 13.2 Å². The molecule has 0 aliphatic heterocycles. The van der Waals surface area contributed by atoms with Crippen LogP contribution in [0.15, 0.2) is 66.0 Å². The van der Waals surface area contributed by atoms with Gasteiger partial charge in [-0.1, -0.05) is 29.8 Å². The summed E-state index contributed by atoms with van der Waals surface area (Å²) in [5, 5.41) is 0.412. The Balaban J connectivity index is 2.05. The van der Waals surface area contributed by atoms with E-state index in [0.717, 1.165) is 0 Å². The fourth-order valence-electron chi connectivity index (χ4n) is 2.94. The molecule has 0 spiro atoms. The lowest BCUT2D eigenvalue weighted by Gasteiger charge is -2.24. The molecule has 31 heavy (non-hydrogen) atoms. The maximum Gasteiger partial charge on any atom is 0.410 e. The van der Waals surface area contributed by atoms with E-state index in [1.807, 2.05) is 0 Å². The monoisotopic (exact) mass is 461 g/mol.